The molecule has 0 radical (unpaired) electrons. The van der Waals surface area contributed by atoms with Gasteiger partial charge in [-0.1, -0.05) is 24.3 Å². The van der Waals surface area contributed by atoms with Gasteiger partial charge in [0, 0.05) is 19.1 Å². The third-order valence-corrected chi connectivity index (χ3v) is 6.98. The van der Waals surface area contributed by atoms with Crippen molar-refractivity contribution in [3.63, 3.8) is 0 Å². The van der Waals surface area contributed by atoms with Crippen LogP contribution in [0.25, 0.3) is 10.9 Å². The highest BCUT2D eigenvalue weighted by molar-refractivity contribution is 5.80. The van der Waals surface area contributed by atoms with Gasteiger partial charge in [-0.3, -0.25) is 18.7 Å². The summed E-state index contributed by atoms with van der Waals surface area (Å²) in [4.78, 5) is 44.2. The van der Waals surface area contributed by atoms with Gasteiger partial charge in [0.1, 0.15) is 31.8 Å². The van der Waals surface area contributed by atoms with Gasteiger partial charge in [-0.2, -0.15) is 5.10 Å². The van der Waals surface area contributed by atoms with E-state index in [9.17, 15) is 23.2 Å². The van der Waals surface area contributed by atoms with Crippen molar-refractivity contribution in [2.45, 2.75) is 38.1 Å². The Labute approximate surface area is 222 Å². The summed E-state index contributed by atoms with van der Waals surface area (Å²) in [5.41, 5.74) is 1.17. The standard InChI is InChI=1S/C27H28F2N6O4/c28-12-23(13-29)39-22-5-6-25-24(11-22)26(37)34(27(38)35(25)21-7-9-32(18-36)10-8-21)15-20-3-1-19(2-4-20)14-33-17-30-16-31-33/h1-6,11,16-18,21,23H,7-10,12-15H2. The van der Waals surface area contributed by atoms with Gasteiger partial charge in [0.2, 0.25) is 6.41 Å². The van der Waals surface area contributed by atoms with E-state index in [1.165, 1.54) is 23.0 Å². The summed E-state index contributed by atoms with van der Waals surface area (Å²) in [6.07, 6.45) is 3.69. The lowest BCUT2D eigenvalue weighted by Gasteiger charge is -2.31. The lowest BCUT2D eigenvalue weighted by atomic mass is 10.0. The monoisotopic (exact) mass is 538 g/mol. The van der Waals surface area contributed by atoms with Gasteiger partial charge in [-0.05, 0) is 42.2 Å². The van der Waals surface area contributed by atoms with Crippen molar-refractivity contribution in [1.82, 2.24) is 28.8 Å². The first-order chi connectivity index (χ1) is 19.0. The molecule has 0 aliphatic carbocycles. The van der Waals surface area contributed by atoms with Gasteiger partial charge in [-0.25, -0.2) is 23.2 Å². The van der Waals surface area contributed by atoms with Crippen molar-refractivity contribution >= 4 is 17.3 Å². The van der Waals surface area contributed by atoms with Crippen LogP contribution in [0.3, 0.4) is 0 Å². The zero-order valence-corrected chi connectivity index (χ0v) is 21.2. The second kappa shape index (κ2) is 11.6. The molecular weight excluding hydrogens is 510 g/mol. The molecule has 5 rings (SSSR count). The van der Waals surface area contributed by atoms with E-state index in [0.717, 1.165) is 17.5 Å². The van der Waals surface area contributed by atoms with Gasteiger partial charge in [0.05, 0.1) is 24.0 Å². The molecule has 39 heavy (non-hydrogen) atoms. The molecule has 204 valence electrons. The summed E-state index contributed by atoms with van der Waals surface area (Å²) >= 11 is 0. The quantitative estimate of drug-likeness (QED) is 0.287. The number of fused-ring (bicyclic) bond motifs is 1. The summed E-state index contributed by atoms with van der Waals surface area (Å²) in [7, 11) is 0. The number of carbonyl (C=O) groups excluding carboxylic acids is 1. The molecule has 1 saturated heterocycles. The van der Waals surface area contributed by atoms with E-state index >= 15 is 0 Å². The van der Waals surface area contributed by atoms with Crippen molar-refractivity contribution < 1.29 is 18.3 Å². The van der Waals surface area contributed by atoms with Gasteiger partial charge >= 0.3 is 5.69 Å². The fraction of sp³-hybridized carbons (Fsp3) is 0.370. The van der Waals surface area contributed by atoms with Crippen molar-refractivity contribution in [2.75, 3.05) is 26.4 Å². The molecule has 0 N–H and O–H groups in total. The Hall–Kier alpha value is -4.35. The maximum Gasteiger partial charge on any atom is 0.332 e. The molecule has 0 spiro atoms. The minimum Gasteiger partial charge on any atom is -0.485 e. The van der Waals surface area contributed by atoms with Crippen LogP contribution < -0.4 is 16.0 Å². The molecule has 1 aliphatic rings. The van der Waals surface area contributed by atoms with Crippen LogP contribution in [-0.4, -0.2) is 67.8 Å². The summed E-state index contributed by atoms with van der Waals surface area (Å²) < 4.78 is 36.0. The number of rotatable bonds is 10. The summed E-state index contributed by atoms with van der Waals surface area (Å²) in [5.74, 6) is 0.143. The number of carbonyl (C=O) groups is 1. The molecule has 0 atom stereocenters. The third-order valence-electron chi connectivity index (χ3n) is 6.98. The number of amides is 1. The maximum absolute atomic E-state index is 13.8. The summed E-state index contributed by atoms with van der Waals surface area (Å²) in [6, 6.07) is 11.8. The van der Waals surface area contributed by atoms with Crippen LogP contribution in [0.15, 0.2) is 64.7 Å². The van der Waals surface area contributed by atoms with Gasteiger partial charge in [0.15, 0.2) is 6.10 Å². The van der Waals surface area contributed by atoms with E-state index in [1.54, 1.807) is 26.5 Å². The Kier molecular flexibility index (Phi) is 7.80. The van der Waals surface area contributed by atoms with Crippen LogP contribution in [-0.2, 0) is 17.9 Å². The largest absolute Gasteiger partial charge is 0.485 e. The first-order valence-electron chi connectivity index (χ1n) is 12.7. The number of nitrogens with zero attached hydrogens (tertiary/aromatic N) is 6. The Balaban J connectivity index is 1.54. The molecule has 12 heteroatoms. The van der Waals surface area contributed by atoms with Crippen molar-refractivity contribution in [3.8, 4) is 5.75 Å². The summed E-state index contributed by atoms with van der Waals surface area (Å²) in [6.45, 7) is -0.479. The fourth-order valence-corrected chi connectivity index (χ4v) is 4.91. The molecule has 3 heterocycles. The number of aromatic nitrogens is 5. The normalized spacial score (nSPS) is 14.3. The number of benzene rings is 2. The van der Waals surface area contributed by atoms with Crippen LogP contribution in [0.2, 0.25) is 0 Å². The molecule has 1 amide bonds. The first-order valence-corrected chi connectivity index (χ1v) is 12.7. The van der Waals surface area contributed by atoms with Crippen LogP contribution in [0.4, 0.5) is 8.78 Å². The highest BCUT2D eigenvalue weighted by atomic mass is 19.1. The van der Waals surface area contributed by atoms with E-state index in [0.29, 0.717) is 38.0 Å². The van der Waals surface area contributed by atoms with Crippen molar-refractivity contribution in [1.29, 1.82) is 0 Å². The van der Waals surface area contributed by atoms with E-state index in [2.05, 4.69) is 10.1 Å². The minimum absolute atomic E-state index is 0.0348. The zero-order valence-electron chi connectivity index (χ0n) is 21.2. The molecule has 0 saturated carbocycles. The van der Waals surface area contributed by atoms with E-state index in [4.69, 9.17) is 4.74 Å². The van der Waals surface area contributed by atoms with Crippen molar-refractivity contribution in [3.05, 3.63) is 87.1 Å². The number of alkyl halides is 2. The molecule has 10 nitrogen and oxygen atoms in total. The van der Waals surface area contributed by atoms with Gasteiger partial charge in [0.25, 0.3) is 5.56 Å². The van der Waals surface area contributed by atoms with Crippen LogP contribution >= 0.6 is 0 Å². The number of piperidine rings is 1. The molecule has 0 bridgehead atoms. The van der Waals surface area contributed by atoms with Crippen LogP contribution in [0.5, 0.6) is 5.75 Å². The lowest BCUT2D eigenvalue weighted by molar-refractivity contribution is -0.119. The number of hydrogen-bond acceptors (Lipinski definition) is 6. The van der Waals surface area contributed by atoms with Crippen LogP contribution in [0, 0.1) is 0 Å². The lowest BCUT2D eigenvalue weighted by Crippen LogP contribution is -2.44. The molecule has 1 aliphatic heterocycles. The average molecular weight is 539 g/mol. The highest BCUT2D eigenvalue weighted by Gasteiger charge is 2.25. The molecule has 2 aromatic carbocycles. The number of ether oxygens (including phenoxy) is 1. The smallest absolute Gasteiger partial charge is 0.332 e. The topological polar surface area (TPSA) is 104 Å². The number of hydrogen-bond donors (Lipinski definition) is 0. The first kappa shape index (κ1) is 26.3. The average Bonchev–Trinajstić information content (AvgIpc) is 3.48. The predicted octanol–water partition coefficient (Wildman–Crippen LogP) is 2.33. The van der Waals surface area contributed by atoms with Crippen LogP contribution in [0.1, 0.15) is 30.0 Å². The van der Waals surface area contributed by atoms with Crippen molar-refractivity contribution in [2.24, 2.45) is 0 Å². The fourth-order valence-electron chi connectivity index (χ4n) is 4.91. The Morgan fingerprint density at radius 3 is 2.31 bits per heavy atom. The molecule has 1 fully saturated rings. The Morgan fingerprint density at radius 2 is 1.69 bits per heavy atom. The molecular formula is C27H28F2N6O4. The van der Waals surface area contributed by atoms with Gasteiger partial charge < -0.3 is 9.64 Å². The van der Waals surface area contributed by atoms with E-state index in [-0.39, 0.29) is 23.7 Å². The maximum atomic E-state index is 13.8. The van der Waals surface area contributed by atoms with E-state index < -0.39 is 30.7 Å². The molecule has 2 aromatic heterocycles. The third kappa shape index (κ3) is 5.59. The Morgan fingerprint density at radius 1 is 1.00 bits per heavy atom. The number of likely N-dealkylation sites (tertiary alicyclic amines) is 1. The van der Waals surface area contributed by atoms with E-state index in [1.807, 2.05) is 24.3 Å². The second-order valence-corrected chi connectivity index (χ2v) is 9.55. The second-order valence-electron chi connectivity index (χ2n) is 9.55. The number of halogens is 2. The zero-order chi connectivity index (χ0) is 27.4. The predicted molar refractivity (Wildman–Crippen MR) is 139 cm³/mol. The SMILES string of the molecule is O=CN1CCC(n2c(=O)n(Cc3ccc(Cn4cncn4)cc3)c(=O)c3cc(OC(CF)CF)ccc32)CC1. The van der Waals surface area contributed by atoms with Gasteiger partial charge in [-0.15, -0.1) is 0 Å². The molecule has 4 aromatic rings. The molecule has 0 unspecified atom stereocenters. The Bertz CT molecular complexity index is 1540. The minimum atomic E-state index is -1.28. The summed E-state index contributed by atoms with van der Waals surface area (Å²) in [5, 5.41) is 4.31. The highest BCUT2D eigenvalue weighted by Crippen LogP contribution is 2.26.